The Bertz CT molecular complexity index is 1470. The van der Waals surface area contributed by atoms with Gasteiger partial charge in [-0.05, 0) is 85.1 Å². The quantitative estimate of drug-likeness (QED) is 0.274. The number of benzene rings is 4. The number of carbonyl (C=O) groups is 1. The predicted molar refractivity (Wildman–Crippen MR) is 143 cm³/mol. The van der Waals surface area contributed by atoms with Crippen LogP contribution in [0.15, 0.2) is 103 Å². The molecule has 1 heterocycles. The third-order valence-electron chi connectivity index (χ3n) is 6.26. The first-order valence-electron chi connectivity index (χ1n) is 11.9. The molecular weight excluding hydrogens is 432 g/mol. The third kappa shape index (κ3) is 4.82. The summed E-state index contributed by atoms with van der Waals surface area (Å²) in [5, 5.41) is 4.14. The lowest BCUT2D eigenvalue weighted by atomic mass is 10.1. The molecule has 5 rings (SSSR count). The molecule has 1 aromatic heterocycles. The van der Waals surface area contributed by atoms with Crippen molar-refractivity contribution in [2.45, 2.75) is 27.0 Å². The number of ether oxygens (including phenoxy) is 1. The number of carbonyl (C=O) groups excluding carboxylic acids is 1. The maximum atomic E-state index is 12.8. The predicted octanol–water partition coefficient (Wildman–Crippen LogP) is 7.47. The number of fused-ring (bicyclic) bond motifs is 1. The van der Waals surface area contributed by atoms with Gasteiger partial charge in [-0.2, -0.15) is 0 Å². The van der Waals surface area contributed by atoms with E-state index in [0.29, 0.717) is 12.2 Å². The van der Waals surface area contributed by atoms with Crippen molar-refractivity contribution in [1.82, 2.24) is 4.57 Å². The summed E-state index contributed by atoms with van der Waals surface area (Å²) in [6.07, 6.45) is 0. The second-order valence-electron chi connectivity index (χ2n) is 8.62. The van der Waals surface area contributed by atoms with E-state index < -0.39 is 0 Å². The number of anilines is 1. The fraction of sp³-hybridized carbons (Fsp3) is 0.129. The van der Waals surface area contributed by atoms with Gasteiger partial charge in [-0.3, -0.25) is 4.79 Å². The Labute approximate surface area is 205 Å². The summed E-state index contributed by atoms with van der Waals surface area (Å²) < 4.78 is 8.24. The van der Waals surface area contributed by atoms with Crippen molar-refractivity contribution < 1.29 is 9.53 Å². The zero-order chi connectivity index (χ0) is 24.2. The first kappa shape index (κ1) is 22.5. The molecule has 0 aliphatic heterocycles. The summed E-state index contributed by atoms with van der Waals surface area (Å²) in [7, 11) is 0. The Morgan fingerprint density at radius 1 is 0.857 bits per heavy atom. The molecule has 4 aromatic carbocycles. The second kappa shape index (κ2) is 9.90. The Kier molecular flexibility index (Phi) is 6.36. The van der Waals surface area contributed by atoms with E-state index in [0.717, 1.165) is 51.3 Å². The van der Waals surface area contributed by atoms with Crippen LogP contribution in [0.25, 0.3) is 22.2 Å². The number of aromatic nitrogens is 1. The fourth-order valence-electron chi connectivity index (χ4n) is 4.42. The third-order valence-corrected chi connectivity index (χ3v) is 6.26. The summed E-state index contributed by atoms with van der Waals surface area (Å²) in [5.41, 5.74) is 6.99. The van der Waals surface area contributed by atoms with Gasteiger partial charge in [-0.1, -0.05) is 48.5 Å². The van der Waals surface area contributed by atoms with Gasteiger partial charge in [0.05, 0.1) is 0 Å². The Morgan fingerprint density at radius 3 is 2.34 bits per heavy atom. The number of rotatable bonds is 7. The number of hydrogen-bond acceptors (Lipinski definition) is 2. The number of nitrogens with zero attached hydrogens (tertiary/aromatic N) is 1. The maximum Gasteiger partial charge on any atom is 0.255 e. The number of nitrogens with one attached hydrogen (secondary N) is 1. The molecule has 0 aliphatic rings. The molecule has 5 aromatic rings. The summed E-state index contributed by atoms with van der Waals surface area (Å²) in [6, 6.07) is 34.3. The van der Waals surface area contributed by atoms with Crippen molar-refractivity contribution in [3.8, 4) is 17.0 Å². The Morgan fingerprint density at radius 2 is 1.60 bits per heavy atom. The topological polar surface area (TPSA) is 43.3 Å². The van der Waals surface area contributed by atoms with Crippen molar-refractivity contribution in [2.75, 3.05) is 5.32 Å². The zero-order valence-electron chi connectivity index (χ0n) is 20.0. The van der Waals surface area contributed by atoms with Crippen LogP contribution in [0.3, 0.4) is 0 Å². The van der Waals surface area contributed by atoms with E-state index in [4.69, 9.17) is 4.74 Å². The molecule has 0 unspecified atom stereocenters. The molecule has 4 nitrogen and oxygen atoms in total. The lowest BCUT2D eigenvalue weighted by Gasteiger charge is -2.11. The molecule has 0 radical (unpaired) electrons. The van der Waals surface area contributed by atoms with Gasteiger partial charge in [-0.15, -0.1) is 0 Å². The average Bonchev–Trinajstić information content (AvgIpc) is 3.26. The van der Waals surface area contributed by atoms with Crippen LogP contribution >= 0.6 is 0 Å². The molecule has 35 heavy (non-hydrogen) atoms. The first-order valence-corrected chi connectivity index (χ1v) is 11.9. The number of hydrogen-bond donors (Lipinski definition) is 1. The van der Waals surface area contributed by atoms with E-state index in [9.17, 15) is 4.79 Å². The zero-order valence-corrected chi connectivity index (χ0v) is 20.0. The van der Waals surface area contributed by atoms with Crippen molar-refractivity contribution in [1.29, 1.82) is 0 Å². The molecule has 1 amide bonds. The standard InChI is InChI=1S/C31H28N2O2/c1-3-33-29-18-15-26(32-31(34)28-12-8-7-9-22(28)2)19-25(29)20-30(33)24-13-16-27(17-14-24)35-21-23-10-5-4-6-11-23/h4-20H,3,21H2,1-2H3,(H,32,34). The van der Waals surface area contributed by atoms with E-state index in [1.807, 2.05) is 73.7 Å². The maximum absolute atomic E-state index is 12.8. The van der Waals surface area contributed by atoms with E-state index in [2.05, 4.69) is 53.2 Å². The van der Waals surface area contributed by atoms with Crippen LogP contribution in [-0.4, -0.2) is 10.5 Å². The lowest BCUT2D eigenvalue weighted by molar-refractivity contribution is 0.102. The molecular formula is C31H28N2O2. The van der Waals surface area contributed by atoms with Gasteiger partial charge in [0.1, 0.15) is 12.4 Å². The summed E-state index contributed by atoms with van der Waals surface area (Å²) in [5.74, 6) is 0.752. The van der Waals surface area contributed by atoms with Gasteiger partial charge >= 0.3 is 0 Å². The van der Waals surface area contributed by atoms with Crippen molar-refractivity contribution in [3.05, 3.63) is 120 Å². The molecule has 1 N–H and O–H groups in total. The molecule has 0 bridgehead atoms. The van der Waals surface area contributed by atoms with Gasteiger partial charge in [0.2, 0.25) is 0 Å². The van der Waals surface area contributed by atoms with Crippen LogP contribution in [-0.2, 0) is 13.2 Å². The average molecular weight is 461 g/mol. The molecule has 174 valence electrons. The summed E-state index contributed by atoms with van der Waals surface area (Å²) in [4.78, 5) is 12.8. The molecule has 4 heteroatoms. The highest BCUT2D eigenvalue weighted by molar-refractivity contribution is 6.06. The van der Waals surface area contributed by atoms with Gasteiger partial charge in [0, 0.05) is 34.4 Å². The smallest absolute Gasteiger partial charge is 0.255 e. The Balaban J connectivity index is 1.37. The van der Waals surface area contributed by atoms with Crippen LogP contribution in [0.4, 0.5) is 5.69 Å². The van der Waals surface area contributed by atoms with Crippen molar-refractivity contribution in [3.63, 3.8) is 0 Å². The lowest BCUT2D eigenvalue weighted by Crippen LogP contribution is -2.13. The van der Waals surface area contributed by atoms with Gasteiger partial charge in [0.25, 0.3) is 5.91 Å². The molecule has 0 aliphatic carbocycles. The van der Waals surface area contributed by atoms with Crippen LogP contribution in [0.5, 0.6) is 5.75 Å². The van der Waals surface area contributed by atoms with Crippen LogP contribution in [0.1, 0.15) is 28.4 Å². The largest absolute Gasteiger partial charge is 0.489 e. The van der Waals surface area contributed by atoms with Crippen LogP contribution in [0, 0.1) is 6.92 Å². The Hall–Kier alpha value is -4.31. The summed E-state index contributed by atoms with van der Waals surface area (Å²) in [6.45, 7) is 5.49. The minimum atomic E-state index is -0.0938. The van der Waals surface area contributed by atoms with Crippen LogP contribution < -0.4 is 10.1 Å². The second-order valence-corrected chi connectivity index (χ2v) is 8.62. The minimum absolute atomic E-state index is 0.0938. The van der Waals surface area contributed by atoms with Gasteiger partial charge < -0.3 is 14.6 Å². The normalized spacial score (nSPS) is 10.9. The molecule has 0 spiro atoms. The SMILES string of the molecule is CCn1c(-c2ccc(OCc3ccccc3)cc2)cc2cc(NC(=O)c3ccccc3C)ccc21. The first-order chi connectivity index (χ1) is 17.1. The van der Waals surface area contributed by atoms with E-state index >= 15 is 0 Å². The fourth-order valence-corrected chi connectivity index (χ4v) is 4.42. The monoisotopic (exact) mass is 460 g/mol. The summed E-state index contributed by atoms with van der Waals surface area (Å²) >= 11 is 0. The highest BCUT2D eigenvalue weighted by Crippen LogP contribution is 2.31. The minimum Gasteiger partial charge on any atom is -0.489 e. The number of amides is 1. The van der Waals surface area contributed by atoms with Crippen molar-refractivity contribution in [2.24, 2.45) is 0 Å². The van der Waals surface area contributed by atoms with Crippen LogP contribution in [0.2, 0.25) is 0 Å². The van der Waals surface area contributed by atoms with Gasteiger partial charge in [-0.25, -0.2) is 0 Å². The molecule has 0 saturated heterocycles. The molecule has 0 atom stereocenters. The molecule has 0 saturated carbocycles. The van der Waals surface area contributed by atoms with E-state index in [1.165, 1.54) is 0 Å². The number of aryl methyl sites for hydroxylation is 2. The van der Waals surface area contributed by atoms with E-state index in [1.54, 1.807) is 0 Å². The highest BCUT2D eigenvalue weighted by atomic mass is 16.5. The molecule has 0 fully saturated rings. The highest BCUT2D eigenvalue weighted by Gasteiger charge is 2.13. The van der Waals surface area contributed by atoms with Crippen molar-refractivity contribution >= 4 is 22.5 Å². The van der Waals surface area contributed by atoms with E-state index in [-0.39, 0.29) is 5.91 Å². The van der Waals surface area contributed by atoms with Gasteiger partial charge in [0.15, 0.2) is 0 Å².